The van der Waals surface area contributed by atoms with Crippen molar-refractivity contribution < 1.29 is 17.3 Å². The number of imidazole rings is 1. The molecule has 0 aliphatic carbocycles. The van der Waals surface area contributed by atoms with Crippen molar-refractivity contribution in [1.29, 1.82) is 0 Å². The minimum Gasteiger partial charge on any atom is -0.457 e. The van der Waals surface area contributed by atoms with Crippen LogP contribution in [0.25, 0.3) is 11.3 Å². The van der Waals surface area contributed by atoms with Gasteiger partial charge in [0.1, 0.15) is 12.7 Å². The van der Waals surface area contributed by atoms with Crippen molar-refractivity contribution in [3.63, 3.8) is 0 Å². The molecule has 0 unspecified atom stereocenters. The van der Waals surface area contributed by atoms with Gasteiger partial charge in [-0.1, -0.05) is 17.7 Å². The van der Waals surface area contributed by atoms with Crippen LogP contribution in [-0.4, -0.2) is 35.7 Å². The third-order valence-electron chi connectivity index (χ3n) is 4.15. The average Bonchev–Trinajstić information content (AvgIpc) is 3.21. The molecule has 26 heavy (non-hydrogen) atoms. The molecule has 0 saturated carbocycles. The summed E-state index contributed by atoms with van der Waals surface area (Å²) in [5, 5.41) is 0. The Morgan fingerprint density at radius 2 is 2.04 bits per heavy atom. The quantitative estimate of drug-likeness (QED) is 0.641. The van der Waals surface area contributed by atoms with Crippen LogP contribution in [0.2, 0.25) is 0 Å². The standard InChI is InChI=1S/C18H17N3O4S/c1-13-4-6-16(7-5-13)26(22,23)24-12-15-11-21-17(10-20-18(21)25-15)14-3-2-8-19-9-14/h2-10,15H,11-12H2,1H3/t15-/m0/s1. The van der Waals surface area contributed by atoms with E-state index in [9.17, 15) is 8.42 Å². The highest BCUT2D eigenvalue weighted by Crippen LogP contribution is 2.29. The van der Waals surface area contributed by atoms with Crippen LogP contribution < -0.4 is 4.74 Å². The Hall–Kier alpha value is -2.71. The summed E-state index contributed by atoms with van der Waals surface area (Å²) < 4.78 is 37.4. The monoisotopic (exact) mass is 371 g/mol. The Bertz CT molecular complexity index is 1010. The predicted octanol–water partition coefficient (Wildman–Crippen LogP) is 2.42. The number of aromatic nitrogens is 3. The van der Waals surface area contributed by atoms with Crippen LogP contribution >= 0.6 is 0 Å². The molecule has 2 aromatic heterocycles. The first-order valence-electron chi connectivity index (χ1n) is 8.11. The topological polar surface area (TPSA) is 83.3 Å². The van der Waals surface area contributed by atoms with E-state index in [0.717, 1.165) is 16.8 Å². The van der Waals surface area contributed by atoms with Crippen LogP contribution in [0.4, 0.5) is 0 Å². The van der Waals surface area contributed by atoms with E-state index in [1.165, 1.54) is 12.1 Å². The fourth-order valence-corrected chi connectivity index (χ4v) is 3.73. The maximum Gasteiger partial charge on any atom is 0.297 e. The van der Waals surface area contributed by atoms with Gasteiger partial charge in [-0.2, -0.15) is 8.42 Å². The minimum atomic E-state index is -3.82. The van der Waals surface area contributed by atoms with Crippen LogP contribution in [0.5, 0.6) is 6.01 Å². The van der Waals surface area contributed by atoms with Crippen LogP contribution in [0.15, 0.2) is 59.9 Å². The summed E-state index contributed by atoms with van der Waals surface area (Å²) in [5.41, 5.74) is 2.78. The fourth-order valence-electron chi connectivity index (χ4n) is 2.79. The van der Waals surface area contributed by atoms with Gasteiger partial charge in [0, 0.05) is 18.0 Å². The highest BCUT2D eigenvalue weighted by atomic mass is 32.2. The lowest BCUT2D eigenvalue weighted by Crippen LogP contribution is -2.24. The summed E-state index contributed by atoms with van der Waals surface area (Å²) >= 11 is 0. The Balaban J connectivity index is 1.45. The van der Waals surface area contributed by atoms with Gasteiger partial charge in [-0.05, 0) is 31.2 Å². The number of aryl methyl sites for hydroxylation is 1. The molecule has 4 rings (SSSR count). The second-order valence-corrected chi connectivity index (χ2v) is 7.69. The number of nitrogens with zero attached hydrogens (tertiary/aromatic N) is 3. The predicted molar refractivity (Wildman–Crippen MR) is 94.2 cm³/mol. The van der Waals surface area contributed by atoms with E-state index in [2.05, 4.69) is 9.97 Å². The van der Waals surface area contributed by atoms with Crippen molar-refractivity contribution >= 4 is 10.1 Å². The SMILES string of the molecule is Cc1ccc(S(=O)(=O)OC[C@@H]2Cn3c(-c4cccnc4)cnc3O2)cc1. The van der Waals surface area contributed by atoms with Gasteiger partial charge in [0.2, 0.25) is 0 Å². The Morgan fingerprint density at radius 1 is 1.23 bits per heavy atom. The van der Waals surface area contributed by atoms with Crippen molar-refractivity contribution in [3.05, 3.63) is 60.6 Å². The Kier molecular flexibility index (Phi) is 4.21. The van der Waals surface area contributed by atoms with Crippen LogP contribution in [-0.2, 0) is 20.8 Å². The maximum atomic E-state index is 12.3. The first-order valence-corrected chi connectivity index (χ1v) is 9.52. The molecule has 1 atom stereocenters. The van der Waals surface area contributed by atoms with Crippen molar-refractivity contribution in [3.8, 4) is 17.3 Å². The summed E-state index contributed by atoms with van der Waals surface area (Å²) in [5.74, 6) is 0. The highest BCUT2D eigenvalue weighted by molar-refractivity contribution is 7.86. The van der Waals surface area contributed by atoms with Crippen molar-refractivity contribution in [2.24, 2.45) is 0 Å². The lowest BCUT2D eigenvalue weighted by atomic mass is 10.2. The molecule has 1 aromatic carbocycles. The molecule has 134 valence electrons. The van der Waals surface area contributed by atoms with Gasteiger partial charge in [-0.25, -0.2) is 4.98 Å². The zero-order chi connectivity index (χ0) is 18.1. The van der Waals surface area contributed by atoms with Gasteiger partial charge in [-0.15, -0.1) is 0 Å². The second-order valence-electron chi connectivity index (χ2n) is 6.07. The zero-order valence-electron chi connectivity index (χ0n) is 14.1. The summed E-state index contributed by atoms with van der Waals surface area (Å²) in [6.45, 7) is 2.28. The first-order chi connectivity index (χ1) is 12.5. The number of benzene rings is 1. The van der Waals surface area contributed by atoms with E-state index in [0.29, 0.717) is 12.6 Å². The van der Waals surface area contributed by atoms with E-state index >= 15 is 0 Å². The van der Waals surface area contributed by atoms with Crippen LogP contribution in [0, 0.1) is 6.92 Å². The Labute approximate surface area is 151 Å². The third kappa shape index (κ3) is 3.21. The number of pyridine rings is 1. The van der Waals surface area contributed by atoms with E-state index in [1.807, 2.05) is 23.6 Å². The Morgan fingerprint density at radius 3 is 2.77 bits per heavy atom. The van der Waals surface area contributed by atoms with Gasteiger partial charge in [0.15, 0.2) is 0 Å². The van der Waals surface area contributed by atoms with E-state index in [1.54, 1.807) is 30.7 Å². The van der Waals surface area contributed by atoms with Crippen molar-refractivity contribution in [2.45, 2.75) is 24.5 Å². The normalized spacial score (nSPS) is 16.3. The lowest BCUT2D eigenvalue weighted by molar-refractivity contribution is 0.147. The van der Waals surface area contributed by atoms with E-state index in [-0.39, 0.29) is 11.5 Å². The van der Waals surface area contributed by atoms with Crippen molar-refractivity contribution in [1.82, 2.24) is 14.5 Å². The summed E-state index contributed by atoms with van der Waals surface area (Å²) in [4.78, 5) is 8.49. The molecule has 0 fully saturated rings. The molecule has 0 amide bonds. The molecule has 8 heteroatoms. The summed E-state index contributed by atoms with van der Waals surface area (Å²) in [7, 11) is -3.82. The molecular weight excluding hydrogens is 354 g/mol. The largest absolute Gasteiger partial charge is 0.457 e. The van der Waals surface area contributed by atoms with Gasteiger partial charge in [0.25, 0.3) is 16.1 Å². The zero-order valence-corrected chi connectivity index (χ0v) is 14.9. The molecule has 0 radical (unpaired) electrons. The molecule has 3 aromatic rings. The molecule has 0 spiro atoms. The van der Waals surface area contributed by atoms with Gasteiger partial charge < -0.3 is 4.74 Å². The molecule has 0 N–H and O–H groups in total. The molecule has 7 nitrogen and oxygen atoms in total. The number of hydrogen-bond donors (Lipinski definition) is 0. The van der Waals surface area contributed by atoms with Gasteiger partial charge >= 0.3 is 0 Å². The number of rotatable bonds is 5. The molecule has 3 heterocycles. The molecule has 1 aliphatic rings. The second kappa shape index (κ2) is 6.54. The summed E-state index contributed by atoms with van der Waals surface area (Å²) in [6, 6.07) is 10.8. The molecular formula is C18H17N3O4S. The van der Waals surface area contributed by atoms with E-state index in [4.69, 9.17) is 8.92 Å². The first kappa shape index (κ1) is 16.7. The van der Waals surface area contributed by atoms with Gasteiger partial charge in [-0.3, -0.25) is 13.7 Å². The maximum absolute atomic E-state index is 12.3. The highest BCUT2D eigenvalue weighted by Gasteiger charge is 2.29. The number of hydrogen-bond acceptors (Lipinski definition) is 6. The van der Waals surface area contributed by atoms with Gasteiger partial charge in [0.05, 0.1) is 23.3 Å². The number of ether oxygens (including phenoxy) is 1. The van der Waals surface area contributed by atoms with Crippen molar-refractivity contribution in [2.75, 3.05) is 6.61 Å². The third-order valence-corrected chi connectivity index (χ3v) is 5.45. The molecule has 1 aliphatic heterocycles. The fraction of sp³-hybridized carbons (Fsp3) is 0.222. The van der Waals surface area contributed by atoms with E-state index < -0.39 is 16.2 Å². The average molecular weight is 371 g/mol. The van der Waals surface area contributed by atoms with Crippen LogP contribution in [0.3, 0.4) is 0 Å². The minimum absolute atomic E-state index is 0.0773. The molecule has 0 bridgehead atoms. The summed E-state index contributed by atoms with van der Waals surface area (Å²) in [6.07, 6.45) is 4.74. The smallest absolute Gasteiger partial charge is 0.297 e. The van der Waals surface area contributed by atoms with Crippen LogP contribution in [0.1, 0.15) is 5.56 Å². The molecule has 0 saturated heterocycles. The number of fused-ring (bicyclic) bond motifs is 1. The lowest BCUT2D eigenvalue weighted by Gasteiger charge is -2.11.